The van der Waals surface area contributed by atoms with Gasteiger partial charge in [0.05, 0.1) is 39.9 Å². The van der Waals surface area contributed by atoms with Gasteiger partial charge in [0.25, 0.3) is 0 Å². The number of fused-ring (bicyclic) bond motifs is 9. The first-order valence-electron chi connectivity index (χ1n) is 17.5. The van der Waals surface area contributed by atoms with E-state index in [-0.39, 0.29) is 12.0 Å². The zero-order valence-electron chi connectivity index (χ0n) is 27.7. The van der Waals surface area contributed by atoms with E-state index in [0.717, 1.165) is 119 Å². The topological polar surface area (TPSA) is 129 Å². The van der Waals surface area contributed by atoms with Crippen LogP contribution in [-0.4, -0.2) is 60.3 Å². The van der Waals surface area contributed by atoms with Crippen molar-refractivity contribution in [3.63, 3.8) is 0 Å². The number of carbonyl (C=O) groups is 1. The van der Waals surface area contributed by atoms with E-state index in [0.29, 0.717) is 17.0 Å². The molecule has 2 aliphatic carbocycles. The van der Waals surface area contributed by atoms with Crippen molar-refractivity contribution in [1.82, 2.24) is 35.1 Å². The monoisotopic (exact) mass is 668 g/mol. The Bertz CT molecular complexity index is 2500. The summed E-state index contributed by atoms with van der Waals surface area (Å²) in [5, 5.41) is 17.8. The molecule has 1 aromatic carbocycles. The van der Waals surface area contributed by atoms with Crippen molar-refractivity contribution in [2.24, 2.45) is 0 Å². The molecule has 2 aliphatic heterocycles. The van der Waals surface area contributed by atoms with Gasteiger partial charge in [-0.1, -0.05) is 36.1 Å². The first-order chi connectivity index (χ1) is 25.0. The number of benzene rings is 1. The lowest BCUT2D eigenvalue weighted by molar-refractivity contribution is 0.0690. The van der Waals surface area contributed by atoms with E-state index in [1.807, 2.05) is 30.5 Å². The summed E-state index contributed by atoms with van der Waals surface area (Å²) in [5.41, 5.74) is 13.7. The number of rotatable bonds is 2. The van der Waals surface area contributed by atoms with Gasteiger partial charge in [0, 0.05) is 35.8 Å². The van der Waals surface area contributed by atoms with Gasteiger partial charge < -0.3 is 10.4 Å². The van der Waals surface area contributed by atoms with Gasteiger partial charge >= 0.3 is 5.97 Å². The van der Waals surface area contributed by atoms with Gasteiger partial charge in [0.1, 0.15) is 12.0 Å². The molecule has 10 heteroatoms. The molecule has 6 aromatic rings. The molecule has 5 aromatic heterocycles. The summed E-state index contributed by atoms with van der Waals surface area (Å²) in [6.07, 6.45) is 6.49. The third kappa shape index (κ3) is 5.21. The lowest BCUT2D eigenvalue weighted by Crippen LogP contribution is -2.57. The number of aromatic nitrogens is 5. The number of hydrogen-bond acceptors (Lipinski definition) is 9. The van der Waals surface area contributed by atoms with E-state index in [1.165, 1.54) is 5.56 Å². The van der Waals surface area contributed by atoms with Crippen LogP contribution in [0.2, 0.25) is 0 Å². The smallest absolute Gasteiger partial charge is 0.354 e. The zero-order chi connectivity index (χ0) is 34.1. The Labute approximate surface area is 294 Å². The molecule has 4 aliphatic rings. The molecule has 0 amide bonds. The number of para-hydroxylation sites is 1. The highest BCUT2D eigenvalue weighted by atomic mass is 16.4. The Balaban J connectivity index is 0.957. The molecule has 0 radical (unpaired) electrons. The fraction of sp³-hybridized carbons (Fsp3) is 0.220. The number of anilines is 1. The maximum atomic E-state index is 11.7. The quantitative estimate of drug-likeness (QED) is 0.200. The number of nitrogens with one attached hydrogen (secondary N) is 2. The van der Waals surface area contributed by atoms with Gasteiger partial charge in [0.15, 0.2) is 5.65 Å². The first-order valence-corrected chi connectivity index (χ1v) is 17.5. The molecule has 1 fully saturated rings. The largest absolute Gasteiger partial charge is 0.477 e. The van der Waals surface area contributed by atoms with Crippen LogP contribution in [0, 0.1) is 11.8 Å². The summed E-state index contributed by atoms with van der Waals surface area (Å²) in [5.74, 6) is 5.65. The van der Waals surface area contributed by atoms with E-state index in [1.54, 1.807) is 6.07 Å². The maximum Gasteiger partial charge on any atom is 0.354 e. The third-order valence-corrected chi connectivity index (χ3v) is 10.4. The molecular formula is C41H32N8O2. The number of aryl methyl sites for hydroxylation is 4. The van der Waals surface area contributed by atoms with Crippen LogP contribution in [0.25, 0.3) is 45.2 Å². The Morgan fingerprint density at radius 1 is 0.765 bits per heavy atom. The van der Waals surface area contributed by atoms with Crippen molar-refractivity contribution in [1.29, 1.82) is 0 Å². The second-order valence-corrected chi connectivity index (χ2v) is 13.6. The summed E-state index contributed by atoms with van der Waals surface area (Å²) >= 11 is 0. The second-order valence-electron chi connectivity index (χ2n) is 13.6. The summed E-state index contributed by atoms with van der Waals surface area (Å²) < 4.78 is 0. The normalized spacial score (nSPS) is 17.0. The zero-order valence-corrected chi connectivity index (χ0v) is 27.7. The highest BCUT2D eigenvalue weighted by Crippen LogP contribution is 2.37. The van der Waals surface area contributed by atoms with Gasteiger partial charge in [0.2, 0.25) is 0 Å². The fourth-order valence-corrected chi connectivity index (χ4v) is 7.79. The lowest BCUT2D eigenvalue weighted by Gasteiger charge is -2.41. The minimum atomic E-state index is -1.05. The molecule has 7 heterocycles. The SMILES string of the molecule is O=C(O)c1ccc2c(n1)-c1nc3nc4c(cc3cc1CC2)CCc1ccc(-c2ccc(C#Cc3cccc5c3NC3NCCCN3C5)cn2)nc1-4. The Hall–Kier alpha value is -6.02. The summed E-state index contributed by atoms with van der Waals surface area (Å²) in [4.78, 5) is 38.5. The Kier molecular flexibility index (Phi) is 6.91. The van der Waals surface area contributed by atoms with Crippen molar-refractivity contribution < 1.29 is 9.90 Å². The van der Waals surface area contributed by atoms with E-state index in [2.05, 4.69) is 68.8 Å². The van der Waals surface area contributed by atoms with Gasteiger partial charge in [-0.05, 0) is 109 Å². The average Bonchev–Trinajstić information content (AvgIpc) is 3.17. The third-order valence-electron chi connectivity index (χ3n) is 10.4. The van der Waals surface area contributed by atoms with Crippen molar-refractivity contribution in [3.05, 3.63) is 118 Å². The van der Waals surface area contributed by atoms with Crippen molar-refractivity contribution in [3.8, 4) is 46.0 Å². The van der Waals surface area contributed by atoms with Crippen molar-refractivity contribution in [2.45, 2.75) is 44.9 Å². The minimum absolute atomic E-state index is 0.0155. The van der Waals surface area contributed by atoms with Gasteiger partial charge in [-0.15, -0.1) is 0 Å². The van der Waals surface area contributed by atoms with Crippen LogP contribution >= 0.6 is 0 Å². The molecule has 248 valence electrons. The van der Waals surface area contributed by atoms with Crippen LogP contribution in [0.4, 0.5) is 5.69 Å². The highest BCUT2D eigenvalue weighted by molar-refractivity contribution is 5.88. The predicted molar refractivity (Wildman–Crippen MR) is 194 cm³/mol. The summed E-state index contributed by atoms with van der Waals surface area (Å²) in [6, 6.07) is 22.2. The van der Waals surface area contributed by atoms with Gasteiger partial charge in [-0.25, -0.2) is 24.7 Å². The van der Waals surface area contributed by atoms with Crippen molar-refractivity contribution in [2.75, 3.05) is 18.4 Å². The number of carboxylic acids is 1. The molecular weight excluding hydrogens is 637 g/mol. The van der Waals surface area contributed by atoms with Crippen LogP contribution in [0.3, 0.4) is 0 Å². The van der Waals surface area contributed by atoms with Crippen LogP contribution < -0.4 is 10.6 Å². The number of carboxylic acid groups (broad SMARTS) is 1. The summed E-state index contributed by atoms with van der Waals surface area (Å²) in [6.45, 7) is 3.01. The second kappa shape index (κ2) is 11.8. The van der Waals surface area contributed by atoms with Crippen LogP contribution in [0.15, 0.2) is 72.9 Å². The molecule has 0 bridgehead atoms. The molecule has 1 unspecified atom stereocenters. The van der Waals surface area contributed by atoms with Gasteiger partial charge in [-0.2, -0.15) is 0 Å². The van der Waals surface area contributed by atoms with Crippen molar-refractivity contribution >= 4 is 22.7 Å². The van der Waals surface area contributed by atoms with Gasteiger partial charge in [-0.3, -0.25) is 15.2 Å². The first kappa shape index (κ1) is 29.9. The number of nitrogens with zero attached hydrogens (tertiary/aromatic N) is 6. The highest BCUT2D eigenvalue weighted by Gasteiger charge is 2.29. The molecule has 1 atom stereocenters. The molecule has 10 nitrogen and oxygen atoms in total. The minimum Gasteiger partial charge on any atom is -0.477 e. The van der Waals surface area contributed by atoms with Crippen LogP contribution in [0.5, 0.6) is 0 Å². The molecule has 1 saturated heterocycles. The molecule has 51 heavy (non-hydrogen) atoms. The average molecular weight is 669 g/mol. The molecule has 10 rings (SSSR count). The molecule has 0 saturated carbocycles. The van der Waals surface area contributed by atoms with E-state index >= 15 is 0 Å². The number of hydrogen-bond donors (Lipinski definition) is 3. The standard InChI is InChI=1S/C41H32N8O2/c50-40(51)33-16-13-26-9-11-28-20-30-19-27-10-8-25-12-15-32(44-35(25)37(27)46-39(30)47-38(28)36(26)45-33)31-14-6-23(21-43-31)5-7-24-3-1-4-29-22-49-18-2-17-42-41(49)48-34(24)29/h1,3-4,6,12-16,19-21,41-42,48H,2,8-11,17-18,22H2,(H,50,51). The van der Waals surface area contributed by atoms with Crippen LogP contribution in [-0.2, 0) is 32.2 Å². The summed E-state index contributed by atoms with van der Waals surface area (Å²) in [7, 11) is 0. The van der Waals surface area contributed by atoms with E-state index in [4.69, 9.17) is 19.9 Å². The van der Waals surface area contributed by atoms with E-state index in [9.17, 15) is 9.90 Å². The Morgan fingerprint density at radius 3 is 2.25 bits per heavy atom. The van der Waals surface area contributed by atoms with E-state index < -0.39 is 5.97 Å². The molecule has 0 spiro atoms. The molecule has 3 N–H and O–H groups in total. The van der Waals surface area contributed by atoms with Crippen LogP contribution in [0.1, 0.15) is 55.9 Å². The predicted octanol–water partition coefficient (Wildman–Crippen LogP) is 5.62. The number of aromatic carboxylic acids is 1. The fourth-order valence-electron chi connectivity index (χ4n) is 7.79. The number of pyridine rings is 5. The lowest BCUT2D eigenvalue weighted by atomic mass is 9.89. The Morgan fingerprint density at radius 2 is 1.49 bits per heavy atom. The maximum absolute atomic E-state index is 11.7.